The lowest BCUT2D eigenvalue weighted by atomic mass is 9.48. The lowest BCUT2D eigenvalue weighted by molar-refractivity contribution is -0.165. The molecule has 1 aromatic heterocycles. The van der Waals surface area contributed by atoms with Crippen LogP contribution in [0.5, 0.6) is 0 Å². The molecule has 5 atom stereocenters. The molecule has 8 heteroatoms. The van der Waals surface area contributed by atoms with Gasteiger partial charge < -0.3 is 18.6 Å². The smallest absolute Gasteiger partial charge is 0.331 e. The summed E-state index contributed by atoms with van der Waals surface area (Å²) in [5.74, 6) is -2.52. The van der Waals surface area contributed by atoms with Gasteiger partial charge in [-0.1, -0.05) is 19.4 Å². The van der Waals surface area contributed by atoms with Crippen LogP contribution in [-0.2, 0) is 33.4 Å². The maximum Gasteiger partial charge on any atom is 0.331 e. The molecule has 194 valence electrons. The van der Waals surface area contributed by atoms with Crippen molar-refractivity contribution in [3.8, 4) is 0 Å². The number of hydrogen-bond acceptors (Lipinski definition) is 8. The van der Waals surface area contributed by atoms with Crippen LogP contribution >= 0.6 is 0 Å². The Labute approximate surface area is 211 Å². The molecule has 0 saturated heterocycles. The second-order valence-corrected chi connectivity index (χ2v) is 11.2. The zero-order valence-electron chi connectivity index (χ0n) is 21.9. The van der Waals surface area contributed by atoms with Crippen LogP contribution in [0.15, 0.2) is 46.3 Å². The van der Waals surface area contributed by atoms with Gasteiger partial charge in [0, 0.05) is 27.9 Å². The maximum atomic E-state index is 14.0. The van der Waals surface area contributed by atoms with Crippen LogP contribution in [0.2, 0.25) is 0 Å². The van der Waals surface area contributed by atoms with Gasteiger partial charge in [0.1, 0.15) is 6.10 Å². The number of cyclic esters (lactones) is 1. The highest BCUT2D eigenvalue weighted by molar-refractivity contribution is 6.02. The molecular formula is C28H34O8. The molecule has 0 radical (unpaired) electrons. The Hall–Kier alpha value is -3.16. The summed E-state index contributed by atoms with van der Waals surface area (Å²) in [7, 11) is 2.57. The second kappa shape index (κ2) is 8.46. The molecular weight excluding hydrogens is 464 g/mol. The molecule has 3 aliphatic rings. The van der Waals surface area contributed by atoms with E-state index in [1.54, 1.807) is 32.3 Å². The van der Waals surface area contributed by atoms with E-state index in [-0.39, 0.29) is 12.2 Å². The van der Waals surface area contributed by atoms with E-state index in [1.165, 1.54) is 26.6 Å². The third kappa shape index (κ3) is 3.26. The number of methoxy groups -OCH3 is 2. The van der Waals surface area contributed by atoms with Crippen molar-refractivity contribution in [3.05, 3.63) is 47.5 Å². The van der Waals surface area contributed by atoms with E-state index in [4.69, 9.17) is 18.6 Å². The number of hydrogen-bond donors (Lipinski definition) is 0. The third-order valence-corrected chi connectivity index (χ3v) is 9.31. The minimum Gasteiger partial charge on any atom is -0.472 e. The number of ether oxygens (including phenoxy) is 3. The zero-order valence-corrected chi connectivity index (χ0v) is 21.9. The number of esters is 3. The predicted molar refractivity (Wildman–Crippen MR) is 128 cm³/mol. The summed E-state index contributed by atoms with van der Waals surface area (Å²) in [6.07, 6.45) is 6.63. The Bertz CT molecular complexity index is 1170. The quantitative estimate of drug-likeness (QED) is 0.416. The van der Waals surface area contributed by atoms with Crippen LogP contribution < -0.4 is 0 Å². The van der Waals surface area contributed by atoms with Gasteiger partial charge in [-0.15, -0.1) is 0 Å². The van der Waals surface area contributed by atoms with Crippen LogP contribution in [0.3, 0.4) is 0 Å². The first kappa shape index (κ1) is 25.9. The van der Waals surface area contributed by atoms with Gasteiger partial charge in [0.25, 0.3) is 0 Å². The first-order valence-electron chi connectivity index (χ1n) is 12.1. The topological polar surface area (TPSA) is 109 Å². The minimum absolute atomic E-state index is 0.163. The van der Waals surface area contributed by atoms with Crippen LogP contribution in [-0.4, -0.2) is 37.9 Å². The van der Waals surface area contributed by atoms with E-state index in [9.17, 15) is 19.2 Å². The molecule has 36 heavy (non-hydrogen) atoms. The van der Waals surface area contributed by atoms with Crippen LogP contribution in [0.25, 0.3) is 0 Å². The molecule has 1 aliphatic heterocycles. The van der Waals surface area contributed by atoms with Crippen LogP contribution in [0, 0.1) is 27.6 Å². The molecule has 0 amide bonds. The van der Waals surface area contributed by atoms with Gasteiger partial charge in [0.15, 0.2) is 5.78 Å². The molecule has 2 aliphatic carbocycles. The highest BCUT2D eigenvalue weighted by atomic mass is 16.5. The number of carbonyl (C=O) groups excluding carboxylic acids is 4. The van der Waals surface area contributed by atoms with Gasteiger partial charge in [-0.2, -0.15) is 0 Å². The third-order valence-electron chi connectivity index (χ3n) is 9.31. The summed E-state index contributed by atoms with van der Waals surface area (Å²) in [5.41, 5.74) is -1.63. The van der Waals surface area contributed by atoms with Crippen molar-refractivity contribution < 1.29 is 37.8 Å². The van der Waals surface area contributed by atoms with Gasteiger partial charge in [-0.3, -0.25) is 14.4 Å². The monoisotopic (exact) mass is 498 g/mol. The Balaban J connectivity index is 1.96. The lowest BCUT2D eigenvalue weighted by Crippen LogP contribution is -2.55. The molecule has 1 saturated carbocycles. The highest BCUT2D eigenvalue weighted by Gasteiger charge is 2.71. The molecule has 4 rings (SSSR count). The van der Waals surface area contributed by atoms with Gasteiger partial charge in [-0.25, -0.2) is 4.79 Å². The van der Waals surface area contributed by atoms with Crippen LogP contribution in [0.1, 0.15) is 65.5 Å². The Kier molecular flexibility index (Phi) is 6.09. The van der Waals surface area contributed by atoms with Crippen molar-refractivity contribution in [1.82, 2.24) is 0 Å². The van der Waals surface area contributed by atoms with Crippen molar-refractivity contribution in [3.63, 3.8) is 0 Å². The molecule has 0 bridgehead atoms. The summed E-state index contributed by atoms with van der Waals surface area (Å²) in [4.78, 5) is 52.6. The van der Waals surface area contributed by atoms with Gasteiger partial charge >= 0.3 is 17.9 Å². The van der Waals surface area contributed by atoms with Crippen molar-refractivity contribution in [1.29, 1.82) is 0 Å². The summed E-state index contributed by atoms with van der Waals surface area (Å²) in [6, 6.07) is 1.78. The second-order valence-electron chi connectivity index (χ2n) is 11.2. The lowest BCUT2D eigenvalue weighted by Gasteiger charge is -2.53. The average molecular weight is 499 g/mol. The number of fused-ring (bicyclic) bond motifs is 2. The summed E-state index contributed by atoms with van der Waals surface area (Å²) in [6.45, 7) is 9.13. The summed E-state index contributed by atoms with van der Waals surface area (Å²) in [5, 5.41) is 0. The van der Waals surface area contributed by atoms with E-state index in [2.05, 4.69) is 0 Å². The van der Waals surface area contributed by atoms with E-state index in [0.717, 1.165) is 16.7 Å². The normalized spacial score (nSPS) is 32.5. The van der Waals surface area contributed by atoms with E-state index in [1.807, 2.05) is 20.8 Å². The predicted octanol–water partition coefficient (Wildman–Crippen LogP) is 4.50. The molecule has 1 aromatic rings. The van der Waals surface area contributed by atoms with Crippen molar-refractivity contribution >= 4 is 23.7 Å². The van der Waals surface area contributed by atoms with Crippen molar-refractivity contribution in [2.24, 2.45) is 27.6 Å². The molecule has 1 fully saturated rings. The fourth-order valence-corrected chi connectivity index (χ4v) is 7.37. The number of carbonyl (C=O) groups is 4. The fraction of sp³-hybridized carbons (Fsp3) is 0.571. The summed E-state index contributed by atoms with van der Waals surface area (Å²) < 4.78 is 21.2. The molecule has 2 heterocycles. The Morgan fingerprint density at radius 1 is 1.14 bits per heavy atom. The molecule has 0 aromatic carbocycles. The Morgan fingerprint density at radius 2 is 1.83 bits per heavy atom. The molecule has 0 N–H and O–H groups in total. The largest absolute Gasteiger partial charge is 0.472 e. The SMILES string of the molecule is COC(=O)C[C@@H](C(C)(C)C(=O)OC)[C@@]1(C)C(=O)C=C(C)[C@@]12CC[C@]1(C)C2=CC(=O)O[C@H]1c1ccoc1. The number of furan rings is 1. The first-order valence-corrected chi connectivity index (χ1v) is 12.1. The molecule has 1 spiro atoms. The van der Waals surface area contributed by atoms with Crippen molar-refractivity contribution in [2.45, 2.75) is 60.0 Å². The van der Waals surface area contributed by atoms with E-state index >= 15 is 0 Å². The standard InChI is InChI=1S/C28H34O8/c1-16-12-20(29)27(5,18(13-21(30)33-6)25(2,3)24(32)34-7)28(16)10-9-26(4)19(28)14-22(31)36-23(26)17-8-11-35-15-17/h8,11-12,14-15,18,23H,9-10,13H2,1-7H3/t18-,23-,26+,27-,28+/m0/s1. The number of rotatable bonds is 6. The van der Waals surface area contributed by atoms with Gasteiger partial charge in [0.05, 0.1) is 38.6 Å². The van der Waals surface area contributed by atoms with Crippen molar-refractivity contribution in [2.75, 3.05) is 14.2 Å². The average Bonchev–Trinajstić information content (AvgIpc) is 3.51. The first-order chi connectivity index (χ1) is 16.8. The van der Waals surface area contributed by atoms with Gasteiger partial charge in [-0.05, 0) is 57.2 Å². The van der Waals surface area contributed by atoms with E-state index in [0.29, 0.717) is 12.8 Å². The Morgan fingerprint density at radius 3 is 2.42 bits per heavy atom. The number of allylic oxidation sites excluding steroid dienone is 2. The maximum absolute atomic E-state index is 14.0. The zero-order chi connectivity index (χ0) is 26.7. The van der Waals surface area contributed by atoms with Crippen LogP contribution in [0.4, 0.5) is 0 Å². The summed E-state index contributed by atoms with van der Waals surface area (Å²) >= 11 is 0. The highest BCUT2D eigenvalue weighted by Crippen LogP contribution is 2.74. The van der Waals surface area contributed by atoms with Gasteiger partial charge in [0.2, 0.25) is 0 Å². The molecule has 0 unspecified atom stereocenters. The minimum atomic E-state index is -1.23. The number of ketones is 1. The molecule has 8 nitrogen and oxygen atoms in total. The van der Waals surface area contributed by atoms with E-state index < -0.39 is 51.6 Å². The fourth-order valence-electron chi connectivity index (χ4n) is 7.37.